The summed E-state index contributed by atoms with van der Waals surface area (Å²) in [6, 6.07) is 2.29. The van der Waals surface area contributed by atoms with Gasteiger partial charge in [-0.1, -0.05) is 0 Å². The molecule has 2 N–H and O–H groups in total. The first-order valence-corrected chi connectivity index (χ1v) is 9.29. The summed E-state index contributed by atoms with van der Waals surface area (Å²) in [7, 11) is 0. The highest BCUT2D eigenvalue weighted by Gasteiger charge is 2.35. The second-order valence-corrected chi connectivity index (χ2v) is 7.94. The van der Waals surface area contributed by atoms with Crippen LogP contribution in [-0.4, -0.2) is 38.2 Å². The smallest absolute Gasteiger partial charge is 0.268 e. The van der Waals surface area contributed by atoms with Crippen LogP contribution in [0.1, 0.15) is 36.8 Å². The van der Waals surface area contributed by atoms with Crippen LogP contribution in [0.25, 0.3) is 20.7 Å². The van der Waals surface area contributed by atoms with E-state index in [1.165, 1.54) is 24.2 Å². The van der Waals surface area contributed by atoms with Crippen molar-refractivity contribution in [1.29, 1.82) is 0 Å². The zero-order chi connectivity index (χ0) is 16.3. The average Bonchev–Trinajstić information content (AvgIpc) is 3.21. The molecule has 3 aromatic rings. The Morgan fingerprint density at radius 1 is 1.33 bits per heavy atom. The number of fused-ring (bicyclic) bond motifs is 4. The number of nitrogens with zero attached hydrogens (tertiary/aromatic N) is 3. The van der Waals surface area contributed by atoms with Crippen LogP contribution in [0.4, 0.5) is 0 Å². The minimum Gasteiger partial charge on any atom is -0.308 e. The van der Waals surface area contributed by atoms with E-state index in [0.717, 1.165) is 52.9 Å². The van der Waals surface area contributed by atoms with Gasteiger partial charge in [0.05, 0.1) is 17.3 Å². The van der Waals surface area contributed by atoms with Gasteiger partial charge >= 0.3 is 0 Å². The number of piperidine rings is 3. The molecule has 0 amide bonds. The van der Waals surface area contributed by atoms with E-state index in [1.54, 1.807) is 0 Å². The van der Waals surface area contributed by atoms with Crippen LogP contribution in [-0.2, 0) is 0 Å². The van der Waals surface area contributed by atoms with E-state index in [0.29, 0.717) is 4.70 Å². The number of thiophene rings is 1. The maximum atomic E-state index is 12.6. The molecule has 0 saturated carbocycles. The quantitative estimate of drug-likeness (QED) is 0.751. The normalized spacial score (nSPS) is 26.3. The van der Waals surface area contributed by atoms with E-state index in [1.807, 2.05) is 19.2 Å². The van der Waals surface area contributed by atoms with E-state index in [-0.39, 0.29) is 11.6 Å². The number of aryl methyl sites for hydroxylation is 1. The molecule has 1 atom stereocenters. The summed E-state index contributed by atoms with van der Waals surface area (Å²) in [6.45, 7) is 4.21. The molecule has 6 nitrogen and oxygen atoms in total. The molecule has 6 rings (SSSR count). The number of nitrogens with one attached hydrogen (secondary N) is 2. The zero-order valence-electron chi connectivity index (χ0n) is 13.5. The van der Waals surface area contributed by atoms with Crippen molar-refractivity contribution in [3.8, 4) is 10.4 Å². The van der Waals surface area contributed by atoms with Crippen LogP contribution in [0.2, 0.25) is 0 Å². The van der Waals surface area contributed by atoms with Crippen LogP contribution < -0.4 is 5.56 Å². The van der Waals surface area contributed by atoms with Gasteiger partial charge in [0.2, 0.25) is 0 Å². The highest BCUT2D eigenvalue weighted by atomic mass is 32.1. The highest BCUT2D eigenvalue weighted by Crippen LogP contribution is 2.40. The predicted molar refractivity (Wildman–Crippen MR) is 94.2 cm³/mol. The summed E-state index contributed by atoms with van der Waals surface area (Å²) in [5, 5.41) is 7.05. The van der Waals surface area contributed by atoms with E-state index in [9.17, 15) is 4.79 Å². The first-order chi connectivity index (χ1) is 11.7. The number of aromatic amines is 2. The second-order valence-electron chi connectivity index (χ2n) is 6.89. The Labute approximate surface area is 142 Å². The molecule has 0 aromatic carbocycles. The van der Waals surface area contributed by atoms with Crippen molar-refractivity contribution in [3.05, 3.63) is 34.1 Å². The van der Waals surface area contributed by atoms with Gasteiger partial charge in [-0.2, -0.15) is 5.10 Å². The van der Waals surface area contributed by atoms with Gasteiger partial charge in [0.15, 0.2) is 0 Å². The zero-order valence-corrected chi connectivity index (χ0v) is 14.3. The fourth-order valence-electron chi connectivity index (χ4n) is 4.11. The molecule has 0 aliphatic carbocycles. The SMILES string of the molecule is Cc1n[nH]cc1-c1cc2nc([C@H]3CC4CCN3CC4)[nH]c(=O)c2s1. The average molecular weight is 341 g/mol. The lowest BCUT2D eigenvalue weighted by Crippen LogP contribution is -2.44. The van der Waals surface area contributed by atoms with Crippen molar-refractivity contribution in [2.24, 2.45) is 5.92 Å². The third kappa shape index (κ3) is 2.15. The summed E-state index contributed by atoms with van der Waals surface area (Å²) in [5.41, 5.74) is 2.76. The fraction of sp³-hybridized carbons (Fsp3) is 0.471. The molecule has 6 heterocycles. The summed E-state index contributed by atoms with van der Waals surface area (Å²) in [4.78, 5) is 24.0. The third-order valence-corrected chi connectivity index (χ3v) is 6.62. The van der Waals surface area contributed by atoms with E-state index >= 15 is 0 Å². The molecule has 0 spiro atoms. The number of H-pyrrole nitrogens is 2. The number of hydrogen-bond acceptors (Lipinski definition) is 5. The molecule has 0 unspecified atom stereocenters. The predicted octanol–water partition coefficient (Wildman–Crippen LogP) is 2.84. The number of rotatable bonds is 2. The monoisotopic (exact) mass is 341 g/mol. The number of aromatic nitrogens is 4. The van der Waals surface area contributed by atoms with Gasteiger partial charge in [-0.3, -0.25) is 14.8 Å². The Balaban J connectivity index is 1.60. The van der Waals surface area contributed by atoms with Gasteiger partial charge < -0.3 is 4.98 Å². The molecule has 0 radical (unpaired) electrons. The van der Waals surface area contributed by atoms with Gasteiger partial charge in [-0.15, -0.1) is 11.3 Å². The van der Waals surface area contributed by atoms with Crippen molar-refractivity contribution < 1.29 is 0 Å². The molecule has 124 valence electrons. The summed E-state index contributed by atoms with van der Waals surface area (Å²) in [5.74, 6) is 1.62. The Kier molecular flexibility index (Phi) is 3.14. The summed E-state index contributed by atoms with van der Waals surface area (Å²) >= 11 is 1.49. The van der Waals surface area contributed by atoms with Crippen LogP contribution in [0.3, 0.4) is 0 Å². The number of hydrogen-bond donors (Lipinski definition) is 2. The molecule has 24 heavy (non-hydrogen) atoms. The molecule has 7 heteroatoms. The first kappa shape index (κ1) is 14.4. The second kappa shape index (κ2) is 5.26. The van der Waals surface area contributed by atoms with Crippen molar-refractivity contribution in [2.75, 3.05) is 13.1 Å². The minimum absolute atomic E-state index is 0.0185. The molecule has 2 bridgehead atoms. The topological polar surface area (TPSA) is 77.7 Å². The molecule has 3 fully saturated rings. The Morgan fingerprint density at radius 3 is 2.83 bits per heavy atom. The largest absolute Gasteiger partial charge is 0.308 e. The Hall–Kier alpha value is -1.99. The van der Waals surface area contributed by atoms with Crippen LogP contribution >= 0.6 is 11.3 Å². The van der Waals surface area contributed by atoms with E-state index in [2.05, 4.69) is 20.1 Å². The van der Waals surface area contributed by atoms with Gasteiger partial charge in [-0.25, -0.2) is 4.98 Å². The maximum absolute atomic E-state index is 12.6. The molecule has 3 aromatic heterocycles. The van der Waals surface area contributed by atoms with Crippen LogP contribution in [0.5, 0.6) is 0 Å². The standard InChI is InChI=1S/C17H19N5OS/c1-9-11(8-18-21-9)14-7-12-15(24-14)17(23)20-16(19-12)13-6-10-2-4-22(13)5-3-10/h7-8,10,13H,2-6H2,1H3,(H,18,21)(H,19,20,23)/t13-/m1/s1. The Bertz CT molecular complexity index is 963. The first-order valence-electron chi connectivity index (χ1n) is 8.47. The molecule has 3 aliphatic rings. The van der Waals surface area contributed by atoms with Gasteiger partial charge in [0, 0.05) is 16.6 Å². The van der Waals surface area contributed by atoms with Crippen LogP contribution in [0.15, 0.2) is 17.1 Å². The van der Waals surface area contributed by atoms with Crippen molar-refractivity contribution >= 4 is 21.6 Å². The highest BCUT2D eigenvalue weighted by molar-refractivity contribution is 7.22. The van der Waals surface area contributed by atoms with Gasteiger partial charge in [0.1, 0.15) is 10.5 Å². The maximum Gasteiger partial charge on any atom is 0.268 e. The van der Waals surface area contributed by atoms with E-state index < -0.39 is 0 Å². The van der Waals surface area contributed by atoms with E-state index in [4.69, 9.17) is 4.98 Å². The summed E-state index contributed by atoms with van der Waals surface area (Å²) < 4.78 is 0.699. The lowest BCUT2D eigenvalue weighted by Gasteiger charge is -2.44. The van der Waals surface area contributed by atoms with Gasteiger partial charge in [-0.05, 0) is 51.3 Å². The van der Waals surface area contributed by atoms with Crippen molar-refractivity contribution in [1.82, 2.24) is 25.1 Å². The lowest BCUT2D eigenvalue weighted by molar-refractivity contribution is 0.0445. The Morgan fingerprint density at radius 2 is 2.17 bits per heavy atom. The van der Waals surface area contributed by atoms with Crippen molar-refractivity contribution in [2.45, 2.75) is 32.2 Å². The molecular weight excluding hydrogens is 322 g/mol. The van der Waals surface area contributed by atoms with Crippen molar-refractivity contribution in [3.63, 3.8) is 0 Å². The fourth-order valence-corrected chi connectivity index (χ4v) is 5.17. The lowest BCUT2D eigenvalue weighted by atomic mass is 9.83. The molecule has 3 aliphatic heterocycles. The van der Waals surface area contributed by atoms with Crippen LogP contribution in [0, 0.1) is 12.8 Å². The molecule has 3 saturated heterocycles. The van der Waals surface area contributed by atoms with Gasteiger partial charge in [0.25, 0.3) is 5.56 Å². The minimum atomic E-state index is -0.0185. The molecular formula is C17H19N5OS. The third-order valence-electron chi connectivity index (χ3n) is 5.46. The summed E-state index contributed by atoms with van der Waals surface area (Å²) in [6.07, 6.45) is 5.56.